The first-order chi connectivity index (χ1) is 20.7. The van der Waals surface area contributed by atoms with Gasteiger partial charge < -0.3 is 45.4 Å². The number of hydrogen-bond acceptors (Lipinski definition) is 7. The van der Waals surface area contributed by atoms with E-state index < -0.39 is 61.0 Å². The van der Waals surface area contributed by atoms with Crippen LogP contribution in [0.1, 0.15) is 75.0 Å². The van der Waals surface area contributed by atoms with Crippen LogP contribution in [-0.2, 0) is 25.1 Å². The molecular formula is C29H41N3O11P2. The highest BCUT2D eigenvalue weighted by atomic mass is 31.2. The van der Waals surface area contributed by atoms with Crippen LogP contribution in [0.25, 0.3) is 0 Å². The molecule has 0 saturated carbocycles. The van der Waals surface area contributed by atoms with Crippen molar-refractivity contribution in [2.24, 2.45) is 17.1 Å². The van der Waals surface area contributed by atoms with E-state index in [1.54, 1.807) is 26.8 Å². The van der Waals surface area contributed by atoms with Crippen LogP contribution in [0.5, 0.6) is 11.5 Å². The van der Waals surface area contributed by atoms with E-state index in [-0.39, 0.29) is 29.2 Å². The first-order valence-corrected chi connectivity index (χ1v) is 17.5. The Morgan fingerprint density at radius 3 is 2.24 bits per heavy atom. The van der Waals surface area contributed by atoms with Gasteiger partial charge in [0.25, 0.3) is 5.91 Å². The van der Waals surface area contributed by atoms with E-state index in [9.17, 15) is 43.1 Å². The number of nitrogens with one attached hydrogen (secondary N) is 2. The molecule has 0 aromatic heterocycles. The molecular weight excluding hydrogens is 628 g/mol. The van der Waals surface area contributed by atoms with Gasteiger partial charge in [-0.05, 0) is 42.5 Å². The molecule has 0 bridgehead atoms. The second kappa shape index (κ2) is 14.0. The molecule has 14 nitrogen and oxygen atoms in total. The van der Waals surface area contributed by atoms with Crippen LogP contribution < -0.4 is 36.5 Å². The smallest absolute Gasteiger partial charge is 0.357 e. The summed E-state index contributed by atoms with van der Waals surface area (Å²) >= 11 is 0. The molecule has 1 heterocycles. The van der Waals surface area contributed by atoms with Crippen molar-refractivity contribution < 1.29 is 52.6 Å². The zero-order valence-electron chi connectivity index (χ0n) is 25.8. The van der Waals surface area contributed by atoms with E-state index >= 15 is 0 Å². The Hall–Kier alpha value is -3.25. The fourth-order valence-corrected chi connectivity index (χ4v) is 6.71. The van der Waals surface area contributed by atoms with Crippen LogP contribution in [-0.4, -0.2) is 56.6 Å². The molecule has 2 atom stereocenters. The predicted octanol–water partition coefficient (Wildman–Crippen LogP) is 1.53. The Kier molecular flexibility index (Phi) is 11.3. The highest BCUT2D eigenvalue weighted by Crippen LogP contribution is 2.41. The van der Waals surface area contributed by atoms with E-state index in [0.717, 1.165) is 12.1 Å². The monoisotopic (exact) mass is 669 g/mol. The Labute approximate surface area is 261 Å². The summed E-state index contributed by atoms with van der Waals surface area (Å²) in [7, 11) is -10.2. The summed E-state index contributed by atoms with van der Waals surface area (Å²) in [6.45, 7) is 9.46. The maximum absolute atomic E-state index is 13.8. The van der Waals surface area contributed by atoms with Crippen LogP contribution in [0, 0.1) is 11.3 Å². The van der Waals surface area contributed by atoms with E-state index in [2.05, 4.69) is 10.6 Å². The summed E-state index contributed by atoms with van der Waals surface area (Å²) in [6, 6.07) is 4.18. The van der Waals surface area contributed by atoms with Crippen LogP contribution in [0.4, 0.5) is 0 Å². The van der Waals surface area contributed by atoms with Crippen LogP contribution in [0.2, 0.25) is 0 Å². The van der Waals surface area contributed by atoms with Gasteiger partial charge in [-0.3, -0.25) is 23.5 Å². The average molecular weight is 670 g/mol. The number of nitrogens with two attached hydrogens (primary N) is 1. The topological polar surface area (TPSA) is 235 Å². The van der Waals surface area contributed by atoms with Crippen molar-refractivity contribution in [3.63, 3.8) is 0 Å². The second-order valence-corrected chi connectivity index (χ2v) is 15.5. The molecule has 3 amide bonds. The molecule has 45 heavy (non-hydrogen) atoms. The second-order valence-electron chi connectivity index (χ2n) is 12.4. The molecule has 1 aliphatic rings. The van der Waals surface area contributed by atoms with Crippen LogP contribution in [0.15, 0.2) is 30.3 Å². The lowest BCUT2D eigenvalue weighted by molar-refractivity contribution is -0.133. The van der Waals surface area contributed by atoms with Gasteiger partial charge in [-0.2, -0.15) is 0 Å². The number of rotatable bonds is 11. The zero-order chi connectivity index (χ0) is 33.9. The Balaban J connectivity index is 2.01. The molecule has 248 valence electrons. The van der Waals surface area contributed by atoms with Gasteiger partial charge >= 0.3 is 15.2 Å². The molecule has 8 N–H and O–H groups in total. The fraction of sp³-hybridized carbons (Fsp3) is 0.483. The lowest BCUT2D eigenvalue weighted by Crippen LogP contribution is -2.51. The minimum Gasteiger partial charge on any atom is -0.493 e. The van der Waals surface area contributed by atoms with Gasteiger partial charge in [-0.15, -0.1) is 0 Å². The number of benzene rings is 2. The quantitative estimate of drug-likeness (QED) is 0.170. The van der Waals surface area contributed by atoms with Gasteiger partial charge in [0.1, 0.15) is 17.5 Å². The maximum atomic E-state index is 13.8. The number of ether oxygens (including phenoxy) is 2. The highest BCUT2D eigenvalue weighted by molar-refractivity contribution is 7.67. The number of carbonyl (C=O) groups excluding carboxylic acids is 3. The summed E-state index contributed by atoms with van der Waals surface area (Å²) in [5.41, 5.74) is 5.45. The SMILES string of the molecule is CC(C)COc1cc2c(cc1C(N)=O)C(NC(=O)C(Cc1ccc(P(=O)(O)O)c(P(=O)(O)O)c1)NC(=O)C(C)(C)C)CCCO2. The number of hydrogen-bond donors (Lipinski definition) is 7. The van der Waals surface area contributed by atoms with Gasteiger partial charge in [0.05, 0.1) is 35.4 Å². The third-order valence-electron chi connectivity index (χ3n) is 6.95. The van der Waals surface area contributed by atoms with Gasteiger partial charge in [0, 0.05) is 23.5 Å². The number of primary amides is 1. The fourth-order valence-electron chi connectivity index (χ4n) is 4.59. The van der Waals surface area contributed by atoms with Crippen LogP contribution >= 0.6 is 15.2 Å². The minimum atomic E-state index is -5.14. The van der Waals surface area contributed by atoms with E-state index in [1.807, 2.05) is 13.8 Å². The van der Waals surface area contributed by atoms with E-state index in [0.29, 0.717) is 37.4 Å². The van der Waals surface area contributed by atoms with E-state index in [1.165, 1.54) is 12.1 Å². The van der Waals surface area contributed by atoms with Gasteiger partial charge in [0.15, 0.2) is 0 Å². The molecule has 0 saturated heterocycles. The number of amides is 3. The molecule has 2 unspecified atom stereocenters. The molecule has 2 aromatic carbocycles. The molecule has 3 rings (SSSR count). The lowest BCUT2D eigenvalue weighted by Gasteiger charge is -2.27. The minimum absolute atomic E-state index is 0.104. The van der Waals surface area contributed by atoms with Crippen molar-refractivity contribution in [1.82, 2.24) is 10.6 Å². The van der Waals surface area contributed by atoms with Gasteiger partial charge in [-0.1, -0.05) is 40.7 Å². The van der Waals surface area contributed by atoms with Crippen molar-refractivity contribution in [3.8, 4) is 11.5 Å². The summed E-state index contributed by atoms with van der Waals surface area (Å²) in [5.74, 6) is -1.07. The van der Waals surface area contributed by atoms with Crippen molar-refractivity contribution in [3.05, 3.63) is 47.0 Å². The van der Waals surface area contributed by atoms with E-state index in [4.69, 9.17) is 15.2 Å². The number of carbonyl (C=O) groups is 3. The van der Waals surface area contributed by atoms with Gasteiger partial charge in [0.2, 0.25) is 11.8 Å². The highest BCUT2D eigenvalue weighted by Gasteiger charge is 2.34. The molecule has 2 aromatic rings. The first-order valence-electron chi connectivity index (χ1n) is 14.3. The predicted molar refractivity (Wildman–Crippen MR) is 166 cm³/mol. The lowest BCUT2D eigenvalue weighted by atomic mass is 9.94. The van der Waals surface area contributed by atoms with Crippen molar-refractivity contribution in [2.75, 3.05) is 13.2 Å². The maximum Gasteiger partial charge on any atom is 0.357 e. The zero-order valence-corrected chi connectivity index (χ0v) is 27.6. The molecule has 0 aliphatic carbocycles. The third-order valence-corrected chi connectivity index (χ3v) is 9.14. The summed E-state index contributed by atoms with van der Waals surface area (Å²) in [4.78, 5) is 78.0. The van der Waals surface area contributed by atoms with Crippen molar-refractivity contribution in [2.45, 2.75) is 66.0 Å². The molecule has 1 aliphatic heterocycles. The standard InChI is InChI=1S/C29H41N3O11P2/c1-16(2)15-43-23-14-22-18(13-19(23)26(30)33)20(7-6-10-42-22)31-27(34)21(32-28(35)29(3,4)5)11-17-8-9-24(44(36,37)38)25(12-17)45(39,40)41/h8-9,12-14,16,20-21H,6-7,10-11,15H2,1-5H3,(H2,30,33)(H,31,34)(H,32,35)(H2,36,37,38)(H2,39,40,41). The molecule has 0 fully saturated rings. The average Bonchev–Trinajstić information content (AvgIpc) is 3.10. The Morgan fingerprint density at radius 1 is 1.04 bits per heavy atom. The largest absolute Gasteiger partial charge is 0.493 e. The Morgan fingerprint density at radius 2 is 1.69 bits per heavy atom. The molecule has 16 heteroatoms. The van der Waals surface area contributed by atoms with Crippen LogP contribution in [0.3, 0.4) is 0 Å². The van der Waals surface area contributed by atoms with Crippen molar-refractivity contribution >= 4 is 43.5 Å². The summed E-state index contributed by atoms with van der Waals surface area (Å²) in [5, 5.41) is 3.87. The summed E-state index contributed by atoms with van der Waals surface area (Å²) in [6.07, 6.45) is 0.664. The number of fused-ring (bicyclic) bond motifs is 1. The Bertz CT molecular complexity index is 1540. The molecule has 0 radical (unpaired) electrons. The summed E-state index contributed by atoms with van der Waals surface area (Å²) < 4.78 is 35.7. The third kappa shape index (κ3) is 9.62. The normalized spacial score (nSPS) is 16.2. The van der Waals surface area contributed by atoms with Gasteiger partial charge in [-0.25, -0.2) is 0 Å². The van der Waals surface area contributed by atoms with Crippen molar-refractivity contribution in [1.29, 1.82) is 0 Å². The molecule has 0 spiro atoms. The first kappa shape index (κ1) is 36.2.